The van der Waals surface area contributed by atoms with Gasteiger partial charge in [-0.2, -0.15) is 0 Å². The van der Waals surface area contributed by atoms with E-state index in [0.717, 1.165) is 41.9 Å². The molecule has 1 saturated heterocycles. The Morgan fingerprint density at radius 2 is 1.76 bits per heavy atom. The van der Waals surface area contributed by atoms with E-state index in [1.165, 1.54) is 5.56 Å². The van der Waals surface area contributed by atoms with Crippen LogP contribution in [0.5, 0.6) is 0 Å². The fraction of sp³-hybridized carbons (Fsp3) is 0.350. The number of carbonyl (C=O) groups excluding carboxylic acids is 1. The zero-order valence-corrected chi connectivity index (χ0v) is 16.3. The van der Waals surface area contributed by atoms with Crippen LogP contribution in [0.2, 0.25) is 0 Å². The van der Waals surface area contributed by atoms with Gasteiger partial charge in [-0.15, -0.1) is 0 Å². The molecule has 1 unspecified atom stereocenters. The number of rotatable bonds is 3. The van der Waals surface area contributed by atoms with Gasteiger partial charge in [-0.25, -0.2) is 4.79 Å². The molecule has 1 N–H and O–H groups in total. The van der Waals surface area contributed by atoms with Crippen LogP contribution in [0.3, 0.4) is 0 Å². The second kappa shape index (κ2) is 8.02. The molecule has 1 aliphatic rings. The third kappa shape index (κ3) is 4.41. The Bertz CT molecular complexity index is 727. The molecule has 132 valence electrons. The molecule has 0 aliphatic carbocycles. The topological polar surface area (TPSA) is 35.6 Å². The van der Waals surface area contributed by atoms with Crippen molar-refractivity contribution in [2.24, 2.45) is 0 Å². The van der Waals surface area contributed by atoms with E-state index in [9.17, 15) is 4.79 Å². The van der Waals surface area contributed by atoms with Crippen molar-refractivity contribution in [3.63, 3.8) is 0 Å². The summed E-state index contributed by atoms with van der Waals surface area (Å²) in [6, 6.07) is 16.8. The molecule has 25 heavy (non-hydrogen) atoms. The summed E-state index contributed by atoms with van der Waals surface area (Å²) in [6.07, 6.45) is 0. The Morgan fingerprint density at radius 3 is 2.40 bits per heavy atom. The first-order valence-corrected chi connectivity index (χ1v) is 9.45. The maximum Gasteiger partial charge on any atom is 0.321 e. The van der Waals surface area contributed by atoms with Gasteiger partial charge in [-0.3, -0.25) is 4.90 Å². The summed E-state index contributed by atoms with van der Waals surface area (Å²) >= 11 is 3.45. The molecule has 1 fully saturated rings. The van der Waals surface area contributed by atoms with E-state index in [1.54, 1.807) is 0 Å². The summed E-state index contributed by atoms with van der Waals surface area (Å²) in [4.78, 5) is 16.9. The van der Waals surface area contributed by atoms with Crippen LogP contribution < -0.4 is 5.32 Å². The summed E-state index contributed by atoms with van der Waals surface area (Å²) in [7, 11) is 0. The number of nitrogens with one attached hydrogen (secondary N) is 1. The average Bonchev–Trinajstić information content (AvgIpc) is 2.64. The summed E-state index contributed by atoms with van der Waals surface area (Å²) < 4.78 is 1.02. The van der Waals surface area contributed by atoms with Crippen molar-refractivity contribution in [3.8, 4) is 0 Å². The Balaban J connectivity index is 1.55. The lowest BCUT2D eigenvalue weighted by atomic mass is 10.1. The number of carbonyl (C=O) groups is 1. The monoisotopic (exact) mass is 401 g/mol. The highest BCUT2D eigenvalue weighted by Crippen LogP contribution is 2.23. The van der Waals surface area contributed by atoms with Gasteiger partial charge in [0, 0.05) is 42.4 Å². The predicted octanol–water partition coefficient (Wildman–Crippen LogP) is 4.67. The molecule has 4 nitrogen and oxygen atoms in total. The van der Waals surface area contributed by atoms with Gasteiger partial charge in [-0.05, 0) is 43.2 Å². The van der Waals surface area contributed by atoms with Crippen molar-refractivity contribution in [1.29, 1.82) is 0 Å². The highest BCUT2D eigenvalue weighted by atomic mass is 79.9. The molecule has 1 heterocycles. The largest absolute Gasteiger partial charge is 0.322 e. The van der Waals surface area contributed by atoms with Gasteiger partial charge in [0.15, 0.2) is 0 Å². The van der Waals surface area contributed by atoms with Crippen LogP contribution in [0.15, 0.2) is 53.0 Å². The third-order valence-corrected chi connectivity index (χ3v) is 5.35. The summed E-state index contributed by atoms with van der Waals surface area (Å²) in [5.74, 6) is 0. The summed E-state index contributed by atoms with van der Waals surface area (Å²) in [5.41, 5.74) is 3.25. The zero-order valence-electron chi connectivity index (χ0n) is 14.7. The quantitative estimate of drug-likeness (QED) is 0.810. The first kappa shape index (κ1) is 18.0. The second-order valence-corrected chi connectivity index (χ2v) is 7.41. The number of hydrogen-bond donors (Lipinski definition) is 1. The van der Waals surface area contributed by atoms with Gasteiger partial charge >= 0.3 is 6.03 Å². The Morgan fingerprint density at radius 1 is 1.08 bits per heavy atom. The lowest BCUT2D eigenvalue weighted by Gasteiger charge is -2.38. The third-order valence-electron chi connectivity index (χ3n) is 4.86. The van der Waals surface area contributed by atoms with E-state index in [-0.39, 0.29) is 6.03 Å². The van der Waals surface area contributed by atoms with Crippen LogP contribution in [-0.4, -0.2) is 42.0 Å². The molecule has 0 bridgehead atoms. The predicted molar refractivity (Wildman–Crippen MR) is 106 cm³/mol. The molecule has 0 saturated carbocycles. The number of amides is 2. The van der Waals surface area contributed by atoms with E-state index >= 15 is 0 Å². The Labute approximate surface area is 158 Å². The highest BCUT2D eigenvalue weighted by molar-refractivity contribution is 9.10. The minimum atomic E-state index is -0.0163. The number of hydrogen-bond acceptors (Lipinski definition) is 2. The first-order chi connectivity index (χ1) is 12.0. The number of piperazine rings is 1. The maximum absolute atomic E-state index is 12.5. The van der Waals surface area contributed by atoms with Crippen LogP contribution in [-0.2, 0) is 0 Å². The van der Waals surface area contributed by atoms with Crippen molar-refractivity contribution in [3.05, 3.63) is 64.1 Å². The van der Waals surface area contributed by atoms with Gasteiger partial charge < -0.3 is 10.2 Å². The number of urea groups is 1. The molecule has 3 rings (SSSR count). The van der Waals surface area contributed by atoms with E-state index in [2.05, 4.69) is 57.3 Å². The van der Waals surface area contributed by atoms with Crippen LogP contribution in [0, 0.1) is 6.92 Å². The maximum atomic E-state index is 12.5. The molecular formula is C20H24BrN3O. The standard InChI is InChI=1S/C20H24BrN3O/c1-15-14-18(21)8-9-19(15)22-20(25)24-12-10-23(11-13-24)16(2)17-6-4-3-5-7-17/h3-9,14,16H,10-13H2,1-2H3,(H,22,25). The van der Waals surface area contributed by atoms with Gasteiger partial charge in [0.25, 0.3) is 0 Å². The first-order valence-electron chi connectivity index (χ1n) is 8.65. The van der Waals surface area contributed by atoms with Crippen molar-refractivity contribution in [2.75, 3.05) is 31.5 Å². The van der Waals surface area contributed by atoms with Crippen molar-refractivity contribution in [2.45, 2.75) is 19.9 Å². The Kier molecular flexibility index (Phi) is 5.76. The Hall–Kier alpha value is -1.85. The molecule has 0 radical (unpaired) electrons. The van der Waals surface area contributed by atoms with E-state index in [4.69, 9.17) is 0 Å². The van der Waals surface area contributed by atoms with E-state index < -0.39 is 0 Å². The molecule has 2 aromatic rings. The molecule has 5 heteroatoms. The number of aryl methyl sites for hydroxylation is 1. The SMILES string of the molecule is Cc1cc(Br)ccc1NC(=O)N1CCN(C(C)c2ccccc2)CC1. The van der Waals surface area contributed by atoms with Crippen molar-refractivity contribution in [1.82, 2.24) is 9.80 Å². The molecular weight excluding hydrogens is 378 g/mol. The van der Waals surface area contributed by atoms with Crippen molar-refractivity contribution < 1.29 is 4.79 Å². The van der Waals surface area contributed by atoms with Crippen LogP contribution in [0.4, 0.5) is 10.5 Å². The molecule has 2 aromatic carbocycles. The highest BCUT2D eigenvalue weighted by Gasteiger charge is 2.24. The van der Waals surface area contributed by atoms with E-state index in [1.807, 2.05) is 36.1 Å². The summed E-state index contributed by atoms with van der Waals surface area (Å²) in [5, 5.41) is 3.03. The van der Waals surface area contributed by atoms with Gasteiger partial charge in [0.1, 0.15) is 0 Å². The summed E-state index contributed by atoms with van der Waals surface area (Å²) in [6.45, 7) is 7.51. The average molecular weight is 402 g/mol. The molecule has 2 amide bonds. The number of nitrogens with zero attached hydrogens (tertiary/aromatic N) is 2. The number of halogens is 1. The van der Waals surface area contributed by atoms with Gasteiger partial charge in [0.05, 0.1) is 0 Å². The fourth-order valence-corrected chi connectivity index (χ4v) is 3.69. The van der Waals surface area contributed by atoms with Crippen molar-refractivity contribution >= 4 is 27.6 Å². The van der Waals surface area contributed by atoms with Crippen LogP contribution in [0.25, 0.3) is 0 Å². The number of anilines is 1. The van der Waals surface area contributed by atoms with E-state index in [0.29, 0.717) is 6.04 Å². The molecule has 0 aromatic heterocycles. The zero-order chi connectivity index (χ0) is 17.8. The molecule has 0 spiro atoms. The van der Waals surface area contributed by atoms with Gasteiger partial charge in [0.2, 0.25) is 0 Å². The molecule has 1 atom stereocenters. The van der Waals surface area contributed by atoms with Crippen LogP contribution >= 0.6 is 15.9 Å². The number of benzene rings is 2. The lowest BCUT2D eigenvalue weighted by Crippen LogP contribution is -2.50. The minimum absolute atomic E-state index is 0.0163. The smallest absolute Gasteiger partial charge is 0.321 e. The fourth-order valence-electron chi connectivity index (χ4n) is 3.22. The van der Waals surface area contributed by atoms with Gasteiger partial charge in [-0.1, -0.05) is 46.3 Å². The molecule has 1 aliphatic heterocycles. The normalized spacial score (nSPS) is 16.5. The second-order valence-electron chi connectivity index (χ2n) is 6.50. The van der Waals surface area contributed by atoms with Crippen LogP contribution in [0.1, 0.15) is 24.1 Å². The lowest BCUT2D eigenvalue weighted by molar-refractivity contribution is 0.119. The minimum Gasteiger partial charge on any atom is -0.322 e.